The monoisotopic (exact) mass is 376 g/mol. The van der Waals surface area contributed by atoms with Crippen molar-refractivity contribution in [1.82, 2.24) is 14.7 Å². The average Bonchev–Trinajstić information content (AvgIpc) is 2.97. The van der Waals surface area contributed by atoms with Crippen molar-refractivity contribution in [1.29, 1.82) is 0 Å². The fourth-order valence-corrected chi connectivity index (χ4v) is 3.24. The summed E-state index contributed by atoms with van der Waals surface area (Å²) in [5.41, 5.74) is 9.85. The second-order valence-electron chi connectivity index (χ2n) is 6.78. The van der Waals surface area contributed by atoms with Gasteiger partial charge in [-0.15, -0.1) is 0 Å². The quantitative estimate of drug-likeness (QED) is 0.688. The molecule has 1 aromatic heterocycles. The van der Waals surface area contributed by atoms with E-state index in [2.05, 4.69) is 5.10 Å². The van der Waals surface area contributed by atoms with Gasteiger partial charge in [0.2, 0.25) is 11.8 Å². The third kappa shape index (κ3) is 4.46. The van der Waals surface area contributed by atoms with Gasteiger partial charge in [0.15, 0.2) is 0 Å². The van der Waals surface area contributed by atoms with Crippen LogP contribution in [0.2, 0.25) is 0 Å². The molecule has 0 unspecified atom stereocenters. The van der Waals surface area contributed by atoms with E-state index in [0.29, 0.717) is 6.54 Å². The first-order valence-electron chi connectivity index (χ1n) is 9.16. The van der Waals surface area contributed by atoms with Gasteiger partial charge < -0.3 is 10.6 Å². The molecule has 0 saturated carbocycles. The van der Waals surface area contributed by atoms with Crippen LogP contribution in [-0.4, -0.2) is 33.0 Å². The second kappa shape index (κ2) is 8.52. The molecule has 2 N–H and O–H groups in total. The molecule has 1 heterocycles. The summed E-state index contributed by atoms with van der Waals surface area (Å²) in [5.74, 6) is -0.681. The maximum atomic E-state index is 13.0. The standard InChI is InChI=1S/C22H24N4O2/c1-16-20(17(2)26(24-16)19-11-7-4-8-12-19)13-22(28)25(15-21(23)27)14-18-9-5-3-6-10-18/h3-12H,13-15H2,1-2H3,(H2,23,27). The lowest BCUT2D eigenvalue weighted by molar-refractivity contribution is -0.135. The van der Waals surface area contributed by atoms with Crippen molar-refractivity contribution in [3.05, 3.63) is 83.2 Å². The van der Waals surface area contributed by atoms with E-state index in [1.807, 2.05) is 79.2 Å². The number of carbonyl (C=O) groups is 2. The predicted octanol–water partition coefficient (Wildman–Crippen LogP) is 2.55. The third-order valence-electron chi connectivity index (χ3n) is 4.69. The number of primary amides is 1. The molecule has 0 spiro atoms. The molecule has 28 heavy (non-hydrogen) atoms. The van der Waals surface area contributed by atoms with Crippen LogP contribution < -0.4 is 5.73 Å². The molecule has 3 aromatic rings. The van der Waals surface area contributed by atoms with E-state index in [0.717, 1.165) is 28.2 Å². The number of amides is 2. The number of nitrogens with zero attached hydrogens (tertiary/aromatic N) is 3. The van der Waals surface area contributed by atoms with E-state index in [-0.39, 0.29) is 18.9 Å². The molecule has 0 bridgehead atoms. The molecule has 3 rings (SSSR count). The minimum absolute atomic E-state index is 0.112. The Kier molecular flexibility index (Phi) is 5.89. The number of carbonyl (C=O) groups excluding carboxylic acids is 2. The fraction of sp³-hybridized carbons (Fsp3) is 0.227. The van der Waals surface area contributed by atoms with Gasteiger partial charge in [-0.2, -0.15) is 5.10 Å². The molecule has 0 aliphatic carbocycles. The number of aryl methyl sites for hydroxylation is 1. The molecule has 2 amide bonds. The maximum Gasteiger partial charge on any atom is 0.237 e. The van der Waals surface area contributed by atoms with Crippen LogP contribution in [0.4, 0.5) is 0 Å². The first kappa shape index (κ1) is 19.4. The predicted molar refractivity (Wildman–Crippen MR) is 108 cm³/mol. The molecule has 0 fully saturated rings. The molecule has 0 atom stereocenters. The normalized spacial score (nSPS) is 10.6. The summed E-state index contributed by atoms with van der Waals surface area (Å²) < 4.78 is 1.84. The van der Waals surface area contributed by atoms with Gasteiger partial charge in [-0.05, 0) is 31.5 Å². The summed E-state index contributed by atoms with van der Waals surface area (Å²) in [5, 5.41) is 4.59. The zero-order valence-electron chi connectivity index (χ0n) is 16.1. The zero-order valence-corrected chi connectivity index (χ0v) is 16.1. The molecule has 0 saturated heterocycles. The van der Waals surface area contributed by atoms with Gasteiger partial charge in [-0.1, -0.05) is 48.5 Å². The number of rotatable bonds is 7. The van der Waals surface area contributed by atoms with Gasteiger partial charge in [0.25, 0.3) is 0 Å². The Hall–Kier alpha value is -3.41. The minimum Gasteiger partial charge on any atom is -0.368 e. The third-order valence-corrected chi connectivity index (χ3v) is 4.69. The first-order chi connectivity index (χ1) is 13.5. The van der Waals surface area contributed by atoms with Crippen LogP contribution in [0, 0.1) is 13.8 Å². The van der Waals surface area contributed by atoms with Gasteiger partial charge in [-0.3, -0.25) is 9.59 Å². The van der Waals surface area contributed by atoms with E-state index in [1.54, 1.807) is 0 Å². The Morgan fingerprint density at radius 2 is 1.61 bits per heavy atom. The highest BCUT2D eigenvalue weighted by molar-refractivity contribution is 5.85. The number of hydrogen-bond donors (Lipinski definition) is 1. The number of para-hydroxylation sites is 1. The van der Waals surface area contributed by atoms with Crippen LogP contribution in [0.25, 0.3) is 5.69 Å². The smallest absolute Gasteiger partial charge is 0.237 e. The van der Waals surface area contributed by atoms with Crippen LogP contribution in [0.1, 0.15) is 22.5 Å². The van der Waals surface area contributed by atoms with Gasteiger partial charge >= 0.3 is 0 Å². The summed E-state index contributed by atoms with van der Waals surface area (Å²) in [6.45, 7) is 4.07. The topological polar surface area (TPSA) is 81.2 Å². The van der Waals surface area contributed by atoms with E-state index in [9.17, 15) is 9.59 Å². The van der Waals surface area contributed by atoms with E-state index in [4.69, 9.17) is 5.73 Å². The Morgan fingerprint density at radius 1 is 1.00 bits per heavy atom. The lowest BCUT2D eigenvalue weighted by atomic mass is 10.1. The first-order valence-corrected chi connectivity index (χ1v) is 9.16. The van der Waals surface area contributed by atoms with Gasteiger partial charge in [0.1, 0.15) is 0 Å². The van der Waals surface area contributed by atoms with Crippen molar-refractivity contribution in [2.24, 2.45) is 5.73 Å². The highest BCUT2D eigenvalue weighted by atomic mass is 16.2. The van der Waals surface area contributed by atoms with Crippen molar-refractivity contribution < 1.29 is 9.59 Å². The summed E-state index contributed by atoms with van der Waals surface area (Å²) in [4.78, 5) is 26.0. The Bertz CT molecular complexity index is 965. The van der Waals surface area contributed by atoms with Crippen LogP contribution in [0.5, 0.6) is 0 Å². The molecular formula is C22H24N4O2. The molecule has 0 radical (unpaired) electrons. The number of benzene rings is 2. The number of nitrogens with two attached hydrogens (primary N) is 1. The Labute approximate surface area is 164 Å². The van der Waals surface area contributed by atoms with Crippen molar-refractivity contribution in [2.75, 3.05) is 6.54 Å². The van der Waals surface area contributed by atoms with Gasteiger partial charge in [0, 0.05) is 17.8 Å². The summed E-state index contributed by atoms with van der Waals surface area (Å²) >= 11 is 0. The van der Waals surface area contributed by atoms with Gasteiger partial charge in [-0.25, -0.2) is 4.68 Å². The summed E-state index contributed by atoms with van der Waals surface area (Å²) in [7, 11) is 0. The molecule has 6 heteroatoms. The van der Waals surface area contributed by atoms with E-state index < -0.39 is 5.91 Å². The highest BCUT2D eigenvalue weighted by Crippen LogP contribution is 2.19. The van der Waals surface area contributed by atoms with Crippen molar-refractivity contribution >= 4 is 11.8 Å². The zero-order chi connectivity index (χ0) is 20.1. The van der Waals surface area contributed by atoms with Crippen LogP contribution in [0.3, 0.4) is 0 Å². The maximum absolute atomic E-state index is 13.0. The average molecular weight is 376 g/mol. The van der Waals surface area contributed by atoms with Crippen LogP contribution in [-0.2, 0) is 22.6 Å². The number of hydrogen-bond acceptors (Lipinski definition) is 3. The lowest BCUT2D eigenvalue weighted by Crippen LogP contribution is -2.39. The second-order valence-corrected chi connectivity index (χ2v) is 6.78. The van der Waals surface area contributed by atoms with Crippen LogP contribution in [0.15, 0.2) is 60.7 Å². The Balaban J connectivity index is 1.83. The SMILES string of the molecule is Cc1nn(-c2ccccc2)c(C)c1CC(=O)N(CC(N)=O)Cc1ccccc1. The van der Waals surface area contributed by atoms with Crippen molar-refractivity contribution in [3.63, 3.8) is 0 Å². The highest BCUT2D eigenvalue weighted by Gasteiger charge is 2.21. The fourth-order valence-electron chi connectivity index (χ4n) is 3.24. The Morgan fingerprint density at radius 3 is 2.21 bits per heavy atom. The molecule has 144 valence electrons. The number of aromatic nitrogens is 2. The largest absolute Gasteiger partial charge is 0.368 e. The van der Waals surface area contributed by atoms with Crippen LogP contribution >= 0.6 is 0 Å². The molecule has 2 aromatic carbocycles. The molecular weight excluding hydrogens is 352 g/mol. The molecule has 0 aliphatic rings. The van der Waals surface area contributed by atoms with Gasteiger partial charge in [0.05, 0.1) is 24.3 Å². The van der Waals surface area contributed by atoms with Crippen molar-refractivity contribution in [2.45, 2.75) is 26.8 Å². The minimum atomic E-state index is -0.530. The molecule has 0 aliphatic heterocycles. The lowest BCUT2D eigenvalue weighted by Gasteiger charge is -2.21. The van der Waals surface area contributed by atoms with E-state index in [1.165, 1.54) is 4.90 Å². The van der Waals surface area contributed by atoms with Crippen molar-refractivity contribution in [3.8, 4) is 5.69 Å². The van der Waals surface area contributed by atoms with E-state index >= 15 is 0 Å². The molecule has 6 nitrogen and oxygen atoms in total. The summed E-state index contributed by atoms with van der Waals surface area (Å²) in [6, 6.07) is 19.4. The summed E-state index contributed by atoms with van der Waals surface area (Å²) in [6.07, 6.45) is 0.171.